The van der Waals surface area contributed by atoms with E-state index < -0.39 is 16.6 Å². The molecule has 3 aromatic carbocycles. The van der Waals surface area contributed by atoms with Crippen molar-refractivity contribution in [1.82, 2.24) is 14.1 Å². The van der Waals surface area contributed by atoms with Gasteiger partial charge in [-0.2, -0.15) is 18.2 Å². The van der Waals surface area contributed by atoms with Crippen molar-refractivity contribution in [3.63, 3.8) is 0 Å². The van der Waals surface area contributed by atoms with Crippen LogP contribution >= 0.6 is 0 Å². The highest BCUT2D eigenvalue weighted by molar-refractivity contribution is 7.89. The third kappa shape index (κ3) is 5.28. The fraction of sp³-hybridized carbons (Fsp3) is 0.240. The van der Waals surface area contributed by atoms with Crippen molar-refractivity contribution < 1.29 is 26.7 Å². The van der Waals surface area contributed by atoms with Crippen LogP contribution in [0.1, 0.15) is 23.2 Å². The molecule has 0 fully saturated rings. The van der Waals surface area contributed by atoms with E-state index in [0.717, 1.165) is 17.3 Å². The molecule has 1 heterocycles. The average Bonchev–Trinajstić information content (AvgIpc) is 3.28. The Morgan fingerprint density at radius 2 is 1.43 bits per heavy atom. The standard InChI is InChI=1S/C25H25F2N3O4S/c1-17-12-23-22(16-30(28-23)25(26)27)24(13-17)35(31,32)29(14-18-4-8-20(33-2)9-5-18)15-19-6-10-21(34-3)11-7-19/h4-13,16,25H,14-15H2,1-3H3. The second-order valence-corrected chi connectivity index (χ2v) is 9.96. The van der Waals surface area contributed by atoms with Gasteiger partial charge in [0.15, 0.2) is 0 Å². The molecule has 0 aliphatic heterocycles. The Labute approximate surface area is 202 Å². The molecule has 0 aliphatic rings. The van der Waals surface area contributed by atoms with Crippen LogP contribution in [0.15, 0.2) is 71.8 Å². The summed E-state index contributed by atoms with van der Waals surface area (Å²) in [6, 6.07) is 17.2. The second-order valence-electron chi connectivity index (χ2n) is 8.05. The monoisotopic (exact) mass is 501 g/mol. The number of alkyl halides is 2. The van der Waals surface area contributed by atoms with E-state index in [9.17, 15) is 17.2 Å². The van der Waals surface area contributed by atoms with Gasteiger partial charge in [-0.3, -0.25) is 0 Å². The Morgan fingerprint density at radius 3 is 1.89 bits per heavy atom. The first-order chi connectivity index (χ1) is 16.7. The average molecular weight is 502 g/mol. The van der Waals surface area contributed by atoms with E-state index in [1.54, 1.807) is 75.7 Å². The van der Waals surface area contributed by atoms with Crippen molar-refractivity contribution in [1.29, 1.82) is 0 Å². The Morgan fingerprint density at radius 1 is 0.914 bits per heavy atom. The summed E-state index contributed by atoms with van der Waals surface area (Å²) in [5.74, 6) is 1.30. The SMILES string of the molecule is COc1ccc(CN(Cc2ccc(OC)cc2)S(=O)(=O)c2cc(C)cc3nn(C(F)F)cc23)cc1. The lowest BCUT2D eigenvalue weighted by Crippen LogP contribution is -2.30. The van der Waals surface area contributed by atoms with Crippen LogP contribution in [0.4, 0.5) is 8.78 Å². The van der Waals surface area contributed by atoms with E-state index in [2.05, 4.69) is 5.10 Å². The van der Waals surface area contributed by atoms with E-state index in [0.29, 0.717) is 21.7 Å². The predicted octanol–water partition coefficient (Wildman–Crippen LogP) is 5.15. The van der Waals surface area contributed by atoms with E-state index in [4.69, 9.17) is 9.47 Å². The minimum Gasteiger partial charge on any atom is -0.497 e. The Kier molecular flexibility index (Phi) is 7.04. The molecule has 7 nitrogen and oxygen atoms in total. The van der Waals surface area contributed by atoms with Gasteiger partial charge < -0.3 is 9.47 Å². The summed E-state index contributed by atoms with van der Waals surface area (Å²) < 4.78 is 66.8. The van der Waals surface area contributed by atoms with Crippen LogP contribution in [0.3, 0.4) is 0 Å². The zero-order valence-corrected chi connectivity index (χ0v) is 20.3. The molecule has 10 heteroatoms. The van der Waals surface area contributed by atoms with Crippen LogP contribution < -0.4 is 9.47 Å². The van der Waals surface area contributed by atoms with Crippen LogP contribution in [-0.2, 0) is 23.1 Å². The van der Waals surface area contributed by atoms with Crippen molar-refractivity contribution >= 4 is 20.9 Å². The van der Waals surface area contributed by atoms with E-state index in [1.807, 2.05) is 0 Å². The number of rotatable bonds is 9. The molecular weight excluding hydrogens is 476 g/mol. The van der Waals surface area contributed by atoms with Gasteiger partial charge >= 0.3 is 6.55 Å². The van der Waals surface area contributed by atoms with Gasteiger partial charge in [0.1, 0.15) is 11.5 Å². The van der Waals surface area contributed by atoms with Gasteiger partial charge in [-0.15, -0.1) is 0 Å². The summed E-state index contributed by atoms with van der Waals surface area (Å²) in [5.41, 5.74) is 2.28. The fourth-order valence-electron chi connectivity index (χ4n) is 3.79. The molecule has 0 radical (unpaired) electrons. The normalized spacial score (nSPS) is 12.0. The fourth-order valence-corrected chi connectivity index (χ4v) is 5.48. The number of hydrogen-bond acceptors (Lipinski definition) is 5. The molecule has 1 aromatic heterocycles. The van der Waals surface area contributed by atoms with Crippen molar-refractivity contribution in [2.75, 3.05) is 14.2 Å². The van der Waals surface area contributed by atoms with Crippen LogP contribution in [-0.4, -0.2) is 36.7 Å². The maximum Gasteiger partial charge on any atom is 0.333 e. The van der Waals surface area contributed by atoms with Crippen LogP contribution in [0.25, 0.3) is 10.9 Å². The van der Waals surface area contributed by atoms with Crippen molar-refractivity contribution in [3.8, 4) is 11.5 Å². The summed E-state index contributed by atoms with van der Waals surface area (Å²) >= 11 is 0. The molecular formula is C25H25F2N3O4S. The maximum atomic E-state index is 14.0. The summed E-state index contributed by atoms with van der Waals surface area (Å²) in [5, 5.41) is 4.01. The van der Waals surface area contributed by atoms with Gasteiger partial charge in [-0.25, -0.2) is 13.1 Å². The van der Waals surface area contributed by atoms with Gasteiger partial charge in [0.05, 0.1) is 24.6 Å². The summed E-state index contributed by atoms with van der Waals surface area (Å²) in [7, 11) is -1.01. The summed E-state index contributed by atoms with van der Waals surface area (Å²) in [6.07, 6.45) is 1.07. The third-order valence-electron chi connectivity index (χ3n) is 5.60. The number of halogens is 2. The van der Waals surface area contributed by atoms with Crippen LogP contribution in [0.2, 0.25) is 0 Å². The van der Waals surface area contributed by atoms with Crippen molar-refractivity contribution in [2.45, 2.75) is 31.5 Å². The van der Waals surface area contributed by atoms with E-state index in [1.165, 1.54) is 10.4 Å². The van der Waals surface area contributed by atoms with Crippen molar-refractivity contribution in [3.05, 3.63) is 83.6 Å². The molecule has 0 N–H and O–H groups in total. The lowest BCUT2D eigenvalue weighted by molar-refractivity contribution is 0.0573. The Hall–Kier alpha value is -3.50. The Bertz CT molecular complexity index is 1370. The van der Waals surface area contributed by atoms with Crippen LogP contribution in [0.5, 0.6) is 11.5 Å². The number of fused-ring (bicyclic) bond motifs is 1. The van der Waals surface area contributed by atoms with E-state index in [-0.39, 0.29) is 28.9 Å². The lowest BCUT2D eigenvalue weighted by atomic mass is 10.2. The molecule has 0 atom stereocenters. The van der Waals surface area contributed by atoms with E-state index >= 15 is 0 Å². The number of sulfonamides is 1. The number of methoxy groups -OCH3 is 2. The highest BCUT2D eigenvalue weighted by atomic mass is 32.2. The molecule has 184 valence electrons. The molecule has 0 saturated heterocycles. The second kappa shape index (κ2) is 10.0. The largest absolute Gasteiger partial charge is 0.497 e. The smallest absolute Gasteiger partial charge is 0.333 e. The number of nitrogens with zero attached hydrogens (tertiary/aromatic N) is 3. The van der Waals surface area contributed by atoms with Gasteiger partial charge in [0.25, 0.3) is 0 Å². The van der Waals surface area contributed by atoms with Gasteiger partial charge in [0, 0.05) is 24.7 Å². The molecule has 0 spiro atoms. The predicted molar refractivity (Wildman–Crippen MR) is 128 cm³/mol. The van der Waals surface area contributed by atoms with Crippen molar-refractivity contribution in [2.24, 2.45) is 0 Å². The number of benzene rings is 3. The third-order valence-corrected chi connectivity index (χ3v) is 7.43. The molecule has 35 heavy (non-hydrogen) atoms. The first-order valence-corrected chi connectivity index (χ1v) is 12.2. The number of ether oxygens (including phenoxy) is 2. The minimum atomic E-state index is -4.12. The van der Waals surface area contributed by atoms with Gasteiger partial charge in [0.2, 0.25) is 10.0 Å². The highest BCUT2D eigenvalue weighted by Gasteiger charge is 2.29. The van der Waals surface area contributed by atoms with Crippen LogP contribution in [0, 0.1) is 6.92 Å². The van der Waals surface area contributed by atoms with Gasteiger partial charge in [-0.05, 0) is 60.0 Å². The molecule has 0 aliphatic carbocycles. The molecule has 0 saturated carbocycles. The number of aromatic nitrogens is 2. The summed E-state index contributed by atoms with van der Waals surface area (Å²) in [6.45, 7) is -1.04. The first kappa shape index (κ1) is 24.6. The molecule has 4 rings (SSSR count). The topological polar surface area (TPSA) is 73.7 Å². The molecule has 0 amide bonds. The summed E-state index contributed by atoms with van der Waals surface area (Å²) in [4.78, 5) is -0.0681. The number of hydrogen-bond donors (Lipinski definition) is 0. The van der Waals surface area contributed by atoms with Gasteiger partial charge in [-0.1, -0.05) is 24.3 Å². The zero-order valence-electron chi connectivity index (χ0n) is 19.5. The molecule has 0 bridgehead atoms. The minimum absolute atomic E-state index is 0.0662. The number of aryl methyl sites for hydroxylation is 1. The Balaban J connectivity index is 1.79. The quantitative estimate of drug-likeness (QED) is 0.317. The zero-order chi connectivity index (χ0) is 25.2. The first-order valence-electron chi connectivity index (χ1n) is 10.7. The highest BCUT2D eigenvalue weighted by Crippen LogP contribution is 2.30. The maximum absolute atomic E-state index is 14.0. The lowest BCUT2D eigenvalue weighted by Gasteiger charge is -2.23. The molecule has 4 aromatic rings. The molecule has 0 unspecified atom stereocenters.